The van der Waals surface area contributed by atoms with Gasteiger partial charge in [-0.05, 0) is 49.4 Å². The molecule has 6 nitrogen and oxygen atoms in total. The number of carbonyl (C=O) groups is 2. The van der Waals surface area contributed by atoms with Gasteiger partial charge in [-0.15, -0.1) is 0 Å². The van der Waals surface area contributed by atoms with Crippen LogP contribution in [0.15, 0.2) is 71.1 Å². The van der Waals surface area contributed by atoms with E-state index in [0.717, 1.165) is 6.07 Å². The number of benzene rings is 2. The monoisotopic (exact) mass is 383 g/mol. The first kappa shape index (κ1) is 19.2. The van der Waals surface area contributed by atoms with Crippen LogP contribution >= 0.6 is 0 Å². The van der Waals surface area contributed by atoms with Crippen LogP contribution in [-0.2, 0) is 16.1 Å². The van der Waals surface area contributed by atoms with Gasteiger partial charge < -0.3 is 19.2 Å². The minimum Gasteiger partial charge on any atom is -0.486 e. The summed E-state index contributed by atoms with van der Waals surface area (Å²) in [6.45, 7) is 1.56. The molecule has 0 saturated heterocycles. The van der Waals surface area contributed by atoms with E-state index in [1.165, 1.54) is 31.2 Å². The van der Waals surface area contributed by atoms with Crippen LogP contribution in [0, 0.1) is 5.82 Å². The highest BCUT2D eigenvalue weighted by atomic mass is 19.1. The SMILES string of the molecule is C[C@H](OC(=O)c1ccc(COc2ccccc2)o1)C(=O)Nc1cccc(F)c1. The summed E-state index contributed by atoms with van der Waals surface area (Å²) in [5.41, 5.74) is 0.270. The number of hydrogen-bond acceptors (Lipinski definition) is 5. The Morgan fingerprint density at radius 1 is 1.07 bits per heavy atom. The van der Waals surface area contributed by atoms with Crippen molar-refractivity contribution in [3.8, 4) is 5.75 Å². The summed E-state index contributed by atoms with van der Waals surface area (Å²) >= 11 is 0. The molecule has 3 aromatic rings. The lowest BCUT2D eigenvalue weighted by Crippen LogP contribution is -2.29. The van der Waals surface area contributed by atoms with Crippen molar-refractivity contribution in [3.63, 3.8) is 0 Å². The second-order valence-electron chi connectivity index (χ2n) is 5.91. The van der Waals surface area contributed by atoms with E-state index in [0.29, 0.717) is 11.5 Å². The molecule has 28 heavy (non-hydrogen) atoms. The first-order valence-corrected chi connectivity index (χ1v) is 8.55. The molecule has 0 fully saturated rings. The zero-order chi connectivity index (χ0) is 19.9. The van der Waals surface area contributed by atoms with E-state index in [1.807, 2.05) is 18.2 Å². The molecule has 0 aliphatic heterocycles. The maximum Gasteiger partial charge on any atom is 0.375 e. The molecular formula is C21H18FNO5. The minimum atomic E-state index is -1.09. The van der Waals surface area contributed by atoms with Crippen molar-refractivity contribution in [1.29, 1.82) is 0 Å². The molecule has 0 spiro atoms. The Balaban J connectivity index is 1.52. The average Bonchev–Trinajstić information content (AvgIpc) is 3.16. The molecule has 1 amide bonds. The number of para-hydroxylation sites is 1. The van der Waals surface area contributed by atoms with Gasteiger partial charge >= 0.3 is 5.97 Å². The standard InChI is InChI=1S/C21H18FNO5/c1-14(20(24)23-16-7-5-6-15(22)12-16)27-21(25)19-11-10-18(28-19)13-26-17-8-3-2-4-9-17/h2-12,14H,13H2,1H3,(H,23,24)/t14-/m0/s1. The van der Waals surface area contributed by atoms with Crippen LogP contribution in [0.2, 0.25) is 0 Å². The molecule has 1 aromatic heterocycles. The number of nitrogens with one attached hydrogen (secondary N) is 1. The third-order valence-electron chi connectivity index (χ3n) is 3.73. The molecule has 0 aliphatic rings. The molecular weight excluding hydrogens is 365 g/mol. The summed E-state index contributed by atoms with van der Waals surface area (Å²) < 4.78 is 29.2. The van der Waals surface area contributed by atoms with Crippen molar-refractivity contribution < 1.29 is 27.9 Å². The molecule has 0 aliphatic carbocycles. The van der Waals surface area contributed by atoms with Gasteiger partial charge in [-0.25, -0.2) is 9.18 Å². The topological polar surface area (TPSA) is 77.8 Å². The number of ether oxygens (including phenoxy) is 2. The third-order valence-corrected chi connectivity index (χ3v) is 3.73. The Hall–Kier alpha value is -3.61. The number of halogens is 1. The Kier molecular flexibility index (Phi) is 6.06. The zero-order valence-corrected chi connectivity index (χ0v) is 15.1. The molecule has 1 atom stereocenters. The maximum atomic E-state index is 13.2. The van der Waals surface area contributed by atoms with Crippen LogP contribution in [0.4, 0.5) is 10.1 Å². The number of rotatable bonds is 7. The molecule has 0 unspecified atom stereocenters. The molecule has 144 valence electrons. The van der Waals surface area contributed by atoms with Crippen LogP contribution in [0.5, 0.6) is 5.75 Å². The molecule has 1 heterocycles. The molecule has 3 rings (SSSR count). The van der Waals surface area contributed by atoms with E-state index in [4.69, 9.17) is 13.9 Å². The summed E-state index contributed by atoms with van der Waals surface area (Å²) in [4.78, 5) is 24.3. The van der Waals surface area contributed by atoms with Crippen molar-refractivity contribution in [2.45, 2.75) is 19.6 Å². The van der Waals surface area contributed by atoms with Crippen LogP contribution in [0.1, 0.15) is 23.2 Å². The normalized spacial score (nSPS) is 11.5. The molecule has 0 radical (unpaired) electrons. The maximum absolute atomic E-state index is 13.2. The summed E-state index contributed by atoms with van der Waals surface area (Å²) in [6.07, 6.45) is -1.09. The smallest absolute Gasteiger partial charge is 0.375 e. The number of carbonyl (C=O) groups excluding carboxylic acids is 2. The van der Waals surface area contributed by atoms with Gasteiger partial charge in [0.05, 0.1) is 0 Å². The lowest BCUT2D eigenvalue weighted by molar-refractivity contribution is -0.123. The summed E-state index contributed by atoms with van der Waals surface area (Å²) in [5, 5.41) is 2.48. The van der Waals surface area contributed by atoms with Gasteiger partial charge in [0.15, 0.2) is 6.10 Å². The van der Waals surface area contributed by atoms with Crippen molar-refractivity contribution in [3.05, 3.63) is 84.1 Å². The van der Waals surface area contributed by atoms with Crippen LogP contribution in [-0.4, -0.2) is 18.0 Å². The zero-order valence-electron chi connectivity index (χ0n) is 15.1. The highest BCUT2D eigenvalue weighted by molar-refractivity contribution is 5.96. The number of furan rings is 1. The number of esters is 1. The predicted octanol–water partition coefficient (Wildman–Crippen LogP) is 4.18. The van der Waals surface area contributed by atoms with Gasteiger partial charge in [0, 0.05) is 5.69 Å². The summed E-state index contributed by atoms with van der Waals surface area (Å²) in [5.74, 6) is -0.787. The summed E-state index contributed by atoms with van der Waals surface area (Å²) in [6, 6.07) is 17.6. The van der Waals surface area contributed by atoms with Gasteiger partial charge in [-0.2, -0.15) is 0 Å². The number of amides is 1. The van der Waals surface area contributed by atoms with Crippen molar-refractivity contribution >= 4 is 17.6 Å². The van der Waals surface area contributed by atoms with Crippen molar-refractivity contribution in [1.82, 2.24) is 0 Å². The van der Waals surface area contributed by atoms with Crippen molar-refractivity contribution in [2.24, 2.45) is 0 Å². The Bertz CT molecular complexity index is 954. The Morgan fingerprint density at radius 2 is 1.86 bits per heavy atom. The lowest BCUT2D eigenvalue weighted by atomic mass is 10.3. The van der Waals surface area contributed by atoms with Crippen LogP contribution < -0.4 is 10.1 Å². The second kappa shape index (κ2) is 8.85. The molecule has 7 heteroatoms. The lowest BCUT2D eigenvalue weighted by Gasteiger charge is -2.12. The first-order valence-electron chi connectivity index (χ1n) is 8.55. The molecule has 2 aromatic carbocycles. The van der Waals surface area contributed by atoms with Gasteiger partial charge in [0.1, 0.15) is 23.9 Å². The summed E-state index contributed by atoms with van der Waals surface area (Å²) in [7, 11) is 0. The molecule has 0 saturated carbocycles. The van der Waals surface area contributed by atoms with E-state index in [1.54, 1.807) is 18.2 Å². The number of anilines is 1. The van der Waals surface area contributed by atoms with Gasteiger partial charge in [0.2, 0.25) is 5.76 Å². The Labute approximate surface area is 160 Å². The fourth-order valence-electron chi connectivity index (χ4n) is 2.32. The fourth-order valence-corrected chi connectivity index (χ4v) is 2.32. The predicted molar refractivity (Wildman–Crippen MR) is 99.4 cm³/mol. The van der Waals surface area contributed by atoms with E-state index in [2.05, 4.69) is 5.32 Å². The van der Waals surface area contributed by atoms with Gasteiger partial charge in [-0.1, -0.05) is 24.3 Å². The quantitative estimate of drug-likeness (QED) is 0.619. The van der Waals surface area contributed by atoms with E-state index in [9.17, 15) is 14.0 Å². The van der Waals surface area contributed by atoms with E-state index >= 15 is 0 Å². The van der Waals surface area contributed by atoms with E-state index < -0.39 is 23.8 Å². The highest BCUT2D eigenvalue weighted by Crippen LogP contribution is 2.15. The van der Waals surface area contributed by atoms with Crippen molar-refractivity contribution in [2.75, 3.05) is 5.32 Å². The van der Waals surface area contributed by atoms with E-state index in [-0.39, 0.29) is 18.1 Å². The fraction of sp³-hybridized carbons (Fsp3) is 0.143. The van der Waals surface area contributed by atoms with Crippen LogP contribution in [0.3, 0.4) is 0 Å². The number of hydrogen-bond donors (Lipinski definition) is 1. The largest absolute Gasteiger partial charge is 0.486 e. The average molecular weight is 383 g/mol. The second-order valence-corrected chi connectivity index (χ2v) is 5.91. The Morgan fingerprint density at radius 3 is 2.61 bits per heavy atom. The minimum absolute atomic E-state index is 0.0444. The third kappa shape index (κ3) is 5.20. The van der Waals surface area contributed by atoms with Crippen LogP contribution in [0.25, 0.3) is 0 Å². The highest BCUT2D eigenvalue weighted by Gasteiger charge is 2.21. The molecule has 1 N–H and O–H groups in total. The van der Waals surface area contributed by atoms with Gasteiger partial charge in [0.25, 0.3) is 5.91 Å². The van der Waals surface area contributed by atoms with Gasteiger partial charge in [-0.3, -0.25) is 4.79 Å². The molecule has 0 bridgehead atoms. The first-order chi connectivity index (χ1) is 13.5.